The Balaban J connectivity index is 2.72. The summed E-state index contributed by atoms with van der Waals surface area (Å²) in [4.78, 5) is 14.0. The topological polar surface area (TPSA) is 53.4 Å². The van der Waals surface area contributed by atoms with E-state index in [-0.39, 0.29) is 0 Å². The van der Waals surface area contributed by atoms with Gasteiger partial charge < -0.3 is 15.0 Å². The molecule has 0 radical (unpaired) electrons. The maximum atomic E-state index is 11.7. The van der Waals surface area contributed by atoms with E-state index in [9.17, 15) is 4.79 Å². The number of nitrogens with zero attached hydrogens (tertiary/aromatic N) is 1. The normalized spacial score (nSPS) is 10.9. The van der Waals surface area contributed by atoms with Gasteiger partial charge in [-0.3, -0.25) is 0 Å². The van der Waals surface area contributed by atoms with Crippen molar-refractivity contribution in [2.24, 2.45) is 0 Å². The average Bonchev–Trinajstić information content (AvgIpc) is 2.39. The van der Waals surface area contributed by atoms with E-state index in [1.165, 1.54) is 0 Å². The highest BCUT2D eigenvalue weighted by molar-refractivity contribution is 8.16. The van der Waals surface area contributed by atoms with Crippen molar-refractivity contribution in [2.75, 3.05) is 13.7 Å². The molecular weight excluding hydrogens is 260 g/mol. The van der Waals surface area contributed by atoms with Gasteiger partial charge in [0.15, 0.2) is 0 Å². The summed E-state index contributed by atoms with van der Waals surface area (Å²) >= 11 is 1.05. The molecular formula is C14H18N2O2S. The Hall–Kier alpha value is -1.75. The molecule has 0 bridgehead atoms. The predicted molar refractivity (Wildman–Crippen MR) is 79.0 cm³/mol. The zero-order chi connectivity index (χ0) is 14.1. The van der Waals surface area contributed by atoms with Gasteiger partial charge >= 0.3 is 5.97 Å². The maximum absolute atomic E-state index is 11.7. The van der Waals surface area contributed by atoms with Crippen molar-refractivity contribution in [1.29, 1.82) is 5.41 Å². The Morgan fingerprint density at radius 1 is 1.42 bits per heavy atom. The number of ether oxygens (including phenoxy) is 1. The van der Waals surface area contributed by atoms with Crippen molar-refractivity contribution in [3.8, 4) is 0 Å². The van der Waals surface area contributed by atoms with Gasteiger partial charge in [-0.25, -0.2) is 4.79 Å². The van der Waals surface area contributed by atoms with Gasteiger partial charge in [0.2, 0.25) is 0 Å². The molecule has 1 aromatic rings. The van der Waals surface area contributed by atoms with Gasteiger partial charge in [0.05, 0.1) is 12.2 Å². The molecule has 0 fully saturated rings. The summed E-state index contributed by atoms with van der Waals surface area (Å²) in [6, 6.07) is 9.97. The predicted octanol–water partition coefficient (Wildman–Crippen LogP) is 2.86. The molecule has 0 amide bonds. The Labute approximate surface area is 118 Å². The fraction of sp³-hybridized carbons (Fsp3) is 0.286. The molecule has 4 nitrogen and oxygen atoms in total. The molecule has 0 aromatic heterocycles. The van der Waals surface area contributed by atoms with Crippen LogP contribution in [0.2, 0.25) is 0 Å². The highest BCUT2D eigenvalue weighted by Crippen LogP contribution is 2.16. The van der Waals surface area contributed by atoms with E-state index in [0.29, 0.717) is 18.1 Å². The van der Waals surface area contributed by atoms with Crippen LogP contribution in [0.5, 0.6) is 0 Å². The number of nitrogens with one attached hydrogen (secondary N) is 1. The third-order valence-corrected chi connectivity index (χ3v) is 2.92. The fourth-order valence-electron chi connectivity index (χ4n) is 1.51. The number of carbonyl (C=O) groups is 1. The van der Waals surface area contributed by atoms with E-state index in [4.69, 9.17) is 10.1 Å². The third-order valence-electron chi connectivity index (χ3n) is 2.27. The Morgan fingerprint density at radius 3 is 2.68 bits per heavy atom. The van der Waals surface area contributed by atoms with Gasteiger partial charge in [0.1, 0.15) is 4.91 Å². The van der Waals surface area contributed by atoms with Crippen molar-refractivity contribution in [1.82, 2.24) is 4.90 Å². The van der Waals surface area contributed by atoms with E-state index in [1.807, 2.05) is 42.3 Å². The van der Waals surface area contributed by atoms with Crippen LogP contribution in [-0.4, -0.2) is 30.1 Å². The lowest BCUT2D eigenvalue weighted by molar-refractivity contribution is -0.137. The zero-order valence-electron chi connectivity index (χ0n) is 11.1. The molecule has 1 N–H and O–H groups in total. The first-order chi connectivity index (χ1) is 9.17. The summed E-state index contributed by atoms with van der Waals surface area (Å²) in [6.45, 7) is 2.79. The zero-order valence-corrected chi connectivity index (χ0v) is 11.9. The van der Waals surface area contributed by atoms with Crippen molar-refractivity contribution in [3.63, 3.8) is 0 Å². The van der Waals surface area contributed by atoms with Crippen LogP contribution in [0.4, 0.5) is 0 Å². The second kappa shape index (κ2) is 8.37. The minimum Gasteiger partial charge on any atom is -0.462 e. The van der Waals surface area contributed by atoms with Crippen molar-refractivity contribution in [2.45, 2.75) is 13.5 Å². The van der Waals surface area contributed by atoms with Crippen molar-refractivity contribution < 1.29 is 9.53 Å². The number of thioether (sulfide) groups is 1. The summed E-state index contributed by atoms with van der Waals surface area (Å²) < 4.78 is 4.95. The second-order valence-corrected chi connectivity index (χ2v) is 4.76. The quantitative estimate of drug-likeness (QED) is 0.361. The molecule has 0 saturated heterocycles. The number of hydrogen-bond acceptors (Lipinski definition) is 5. The lowest BCUT2D eigenvalue weighted by atomic mass is 10.2. The summed E-state index contributed by atoms with van der Waals surface area (Å²) in [5.74, 6) is -0.393. The molecule has 102 valence electrons. The first kappa shape index (κ1) is 15.3. The van der Waals surface area contributed by atoms with E-state index in [0.717, 1.165) is 22.9 Å². The summed E-state index contributed by atoms with van der Waals surface area (Å²) in [5.41, 5.74) is 2.28. The smallest absolute Gasteiger partial charge is 0.346 e. The molecule has 0 aliphatic carbocycles. The number of carbonyl (C=O) groups excluding carboxylic acids is 1. The van der Waals surface area contributed by atoms with Gasteiger partial charge in [-0.15, -0.1) is 0 Å². The number of benzene rings is 1. The Morgan fingerprint density at radius 2 is 2.11 bits per heavy atom. The number of rotatable bonds is 7. The van der Waals surface area contributed by atoms with E-state index in [2.05, 4.69) is 0 Å². The lowest BCUT2D eigenvalue weighted by Gasteiger charge is -2.15. The number of esters is 1. The first-order valence-electron chi connectivity index (χ1n) is 5.96. The van der Waals surface area contributed by atoms with Crippen LogP contribution in [0.15, 0.2) is 41.4 Å². The maximum Gasteiger partial charge on any atom is 0.346 e. The molecule has 0 aliphatic rings. The minimum atomic E-state index is -0.393. The molecule has 0 unspecified atom stereocenters. The van der Waals surface area contributed by atoms with Crippen LogP contribution in [0, 0.1) is 5.41 Å². The molecule has 19 heavy (non-hydrogen) atoms. The van der Waals surface area contributed by atoms with Gasteiger partial charge in [-0.05, 0) is 12.5 Å². The SMILES string of the molecule is CCOC(=O)/C(=C/N(C)Cc1ccccc1)SC=N. The highest BCUT2D eigenvalue weighted by Gasteiger charge is 2.11. The Bertz CT molecular complexity index is 446. The monoisotopic (exact) mass is 278 g/mol. The molecule has 0 saturated carbocycles. The standard InChI is InChI=1S/C14H18N2O2S/c1-3-18-14(17)13(19-11-15)10-16(2)9-12-7-5-4-6-8-12/h4-8,10-11,15H,3,9H2,1-2H3/b13-10-,15-11?. The molecule has 5 heteroatoms. The first-order valence-corrected chi connectivity index (χ1v) is 6.84. The molecule has 1 rings (SSSR count). The van der Waals surface area contributed by atoms with Crippen LogP contribution in [0.3, 0.4) is 0 Å². The lowest BCUT2D eigenvalue weighted by Crippen LogP contribution is -2.14. The van der Waals surface area contributed by atoms with Crippen LogP contribution >= 0.6 is 11.8 Å². The third kappa shape index (κ3) is 5.61. The fourth-order valence-corrected chi connectivity index (χ4v) is 2.04. The highest BCUT2D eigenvalue weighted by atomic mass is 32.2. The van der Waals surface area contributed by atoms with Gasteiger partial charge in [0.25, 0.3) is 0 Å². The second-order valence-electron chi connectivity index (χ2n) is 3.85. The molecule has 1 aromatic carbocycles. The van der Waals surface area contributed by atoms with Crippen LogP contribution in [0.1, 0.15) is 12.5 Å². The van der Waals surface area contributed by atoms with Crippen LogP contribution in [-0.2, 0) is 16.1 Å². The average molecular weight is 278 g/mol. The van der Waals surface area contributed by atoms with Gasteiger partial charge in [-0.1, -0.05) is 42.1 Å². The van der Waals surface area contributed by atoms with Crippen molar-refractivity contribution in [3.05, 3.63) is 47.0 Å². The van der Waals surface area contributed by atoms with Gasteiger partial charge in [-0.2, -0.15) is 0 Å². The Kier molecular flexibility index (Phi) is 6.74. The van der Waals surface area contributed by atoms with E-state index >= 15 is 0 Å². The molecule has 0 heterocycles. The van der Waals surface area contributed by atoms with Crippen LogP contribution < -0.4 is 0 Å². The largest absolute Gasteiger partial charge is 0.462 e. The van der Waals surface area contributed by atoms with Crippen molar-refractivity contribution >= 4 is 23.3 Å². The van der Waals surface area contributed by atoms with Gasteiger partial charge in [0, 0.05) is 19.8 Å². The minimum absolute atomic E-state index is 0.330. The van der Waals surface area contributed by atoms with E-state index < -0.39 is 5.97 Å². The van der Waals surface area contributed by atoms with E-state index in [1.54, 1.807) is 13.1 Å². The summed E-state index contributed by atoms with van der Waals surface area (Å²) in [7, 11) is 1.89. The summed E-state index contributed by atoms with van der Waals surface area (Å²) in [5, 5.41) is 7.09. The molecule has 0 spiro atoms. The van der Waals surface area contributed by atoms with Crippen LogP contribution in [0.25, 0.3) is 0 Å². The molecule has 0 atom stereocenters. The molecule has 0 aliphatic heterocycles. The summed E-state index contributed by atoms with van der Waals surface area (Å²) in [6.07, 6.45) is 1.71. The number of hydrogen-bond donors (Lipinski definition) is 1.